The zero-order chi connectivity index (χ0) is 19.2. The first-order valence-corrected chi connectivity index (χ1v) is 11.6. The summed E-state index contributed by atoms with van der Waals surface area (Å²) in [4.78, 5) is 0. The summed E-state index contributed by atoms with van der Waals surface area (Å²) in [5.41, 5.74) is 0. The molecule has 0 saturated carbocycles. The van der Waals surface area contributed by atoms with Gasteiger partial charge in [-0.05, 0) is 12.8 Å². The number of ether oxygens (including phenoxy) is 1. The second-order valence-corrected chi connectivity index (χ2v) is 8.30. The molecule has 152 valence electrons. The maximum Gasteiger partial charge on any atom is 0.418 e. The topological polar surface area (TPSA) is 116 Å². The molecule has 0 aromatic carbocycles. The van der Waals surface area contributed by atoms with E-state index in [1.165, 1.54) is 44.9 Å². The molecule has 0 rings (SSSR count). The molecule has 8 nitrogen and oxygen atoms in total. The van der Waals surface area contributed by atoms with Crippen LogP contribution in [0.1, 0.15) is 84.5 Å². The van der Waals surface area contributed by atoms with Crippen LogP contribution in [-0.4, -0.2) is 34.3 Å². The molecule has 0 aromatic rings. The molecule has 0 bridgehead atoms. The molecule has 0 aliphatic rings. The molecule has 0 aliphatic heterocycles. The van der Waals surface area contributed by atoms with Crippen molar-refractivity contribution in [2.45, 2.75) is 90.8 Å². The quantitative estimate of drug-likeness (QED) is 0.221. The minimum atomic E-state index is -5.15. The van der Waals surface area contributed by atoms with Crippen molar-refractivity contribution in [2.75, 3.05) is 6.61 Å². The van der Waals surface area contributed by atoms with E-state index < -0.39 is 27.1 Å². The Morgan fingerprint density at radius 3 is 1.72 bits per heavy atom. The van der Waals surface area contributed by atoms with Crippen LogP contribution in [0.2, 0.25) is 0 Å². The number of hydrogen-bond acceptors (Lipinski definition) is 7. The maximum atomic E-state index is 11.3. The third-order valence-electron chi connectivity index (χ3n) is 3.53. The van der Waals surface area contributed by atoms with Crippen molar-refractivity contribution >= 4 is 20.8 Å². The summed E-state index contributed by atoms with van der Waals surface area (Å²) in [5.74, 6) is 0. The molecule has 1 N–H and O–H groups in total. The third kappa shape index (κ3) is 16.9. The Bertz CT molecular complexity index is 516. The number of hydrogen-bond donors (Lipinski definition) is 1. The van der Waals surface area contributed by atoms with Crippen LogP contribution >= 0.6 is 0 Å². The van der Waals surface area contributed by atoms with Crippen LogP contribution in [0.3, 0.4) is 0 Å². The van der Waals surface area contributed by atoms with Crippen molar-refractivity contribution in [1.82, 2.24) is 0 Å². The van der Waals surface area contributed by atoms with Crippen molar-refractivity contribution < 1.29 is 33.9 Å². The van der Waals surface area contributed by atoms with Gasteiger partial charge in [0.2, 0.25) is 0 Å². The summed E-state index contributed by atoms with van der Waals surface area (Å²) >= 11 is 0. The van der Waals surface area contributed by atoms with Crippen molar-refractivity contribution in [3.8, 4) is 0 Å². The Hall–Kier alpha value is -0.260. The molecule has 1 atom stereocenters. The average Bonchev–Trinajstić information content (AvgIpc) is 2.48. The van der Waals surface area contributed by atoms with Crippen LogP contribution in [0.25, 0.3) is 0 Å². The predicted molar refractivity (Wildman–Crippen MR) is 94.5 cm³/mol. The zero-order valence-corrected chi connectivity index (χ0v) is 16.8. The van der Waals surface area contributed by atoms with E-state index in [1.807, 2.05) is 0 Å². The van der Waals surface area contributed by atoms with Gasteiger partial charge in [0, 0.05) is 6.61 Å². The van der Waals surface area contributed by atoms with Gasteiger partial charge in [0.05, 0.1) is 0 Å². The Morgan fingerprint density at radius 2 is 1.28 bits per heavy atom. The first kappa shape index (κ1) is 24.7. The molecule has 10 heteroatoms. The predicted octanol–water partition coefficient (Wildman–Crippen LogP) is 3.74. The molecular formula is C15H32O8S2. The fourth-order valence-electron chi connectivity index (χ4n) is 2.27. The van der Waals surface area contributed by atoms with E-state index in [2.05, 4.69) is 14.7 Å². The van der Waals surface area contributed by atoms with Gasteiger partial charge in [-0.1, -0.05) is 71.6 Å². The van der Waals surface area contributed by atoms with Gasteiger partial charge >= 0.3 is 20.8 Å². The Labute approximate surface area is 152 Å². The van der Waals surface area contributed by atoms with Gasteiger partial charge in [-0.15, -0.1) is 3.63 Å². The van der Waals surface area contributed by atoms with Crippen molar-refractivity contribution in [2.24, 2.45) is 0 Å². The van der Waals surface area contributed by atoms with Crippen LogP contribution in [0.15, 0.2) is 0 Å². The Morgan fingerprint density at radius 1 is 0.800 bits per heavy atom. The molecule has 0 radical (unpaired) electrons. The fourth-order valence-corrected chi connectivity index (χ4v) is 3.70. The summed E-state index contributed by atoms with van der Waals surface area (Å²) in [7, 11) is -10.0. The summed E-state index contributed by atoms with van der Waals surface area (Å²) in [6.07, 6.45) is 10.7. The summed E-state index contributed by atoms with van der Waals surface area (Å²) in [6.45, 7) is 4.12. The molecule has 1 unspecified atom stereocenters. The van der Waals surface area contributed by atoms with E-state index >= 15 is 0 Å². The number of unbranched alkanes of at least 4 members (excludes halogenated alkanes) is 9. The lowest BCUT2D eigenvalue weighted by molar-refractivity contribution is -0.0829. The van der Waals surface area contributed by atoms with E-state index in [0.717, 1.165) is 19.3 Å². The standard InChI is InChI=1S/C15H32O8S2/c1-3-5-6-7-8-9-10-11-12-13-14-21-15(4-2)22-25(19,20)23-24(16,17)18/h15H,3-14H2,1-2H3,(H,16,17,18). The van der Waals surface area contributed by atoms with Crippen LogP contribution in [0.5, 0.6) is 0 Å². The lowest BCUT2D eigenvalue weighted by Crippen LogP contribution is -2.24. The molecular weight excluding hydrogens is 372 g/mol. The highest BCUT2D eigenvalue weighted by atomic mass is 32.3. The van der Waals surface area contributed by atoms with Gasteiger partial charge < -0.3 is 4.74 Å². The van der Waals surface area contributed by atoms with E-state index in [9.17, 15) is 16.8 Å². The normalized spacial score (nSPS) is 13.9. The van der Waals surface area contributed by atoms with Gasteiger partial charge in [0.15, 0.2) is 6.29 Å². The first-order chi connectivity index (χ1) is 11.7. The average molecular weight is 405 g/mol. The van der Waals surface area contributed by atoms with Gasteiger partial charge in [-0.25, -0.2) is 4.18 Å². The molecule has 0 saturated heterocycles. The van der Waals surface area contributed by atoms with Gasteiger partial charge in [0.1, 0.15) is 0 Å². The molecule has 0 heterocycles. The molecule has 0 aromatic heterocycles. The summed E-state index contributed by atoms with van der Waals surface area (Å²) in [6, 6.07) is 0. The van der Waals surface area contributed by atoms with Crippen LogP contribution in [0.4, 0.5) is 0 Å². The first-order valence-electron chi connectivity index (χ1n) is 8.93. The van der Waals surface area contributed by atoms with E-state index in [4.69, 9.17) is 9.29 Å². The second-order valence-electron chi connectivity index (χ2n) is 5.89. The lowest BCUT2D eigenvalue weighted by Gasteiger charge is -2.15. The molecule has 0 amide bonds. The minimum Gasteiger partial charge on any atom is -0.351 e. The Kier molecular flexibility index (Phi) is 13.7. The van der Waals surface area contributed by atoms with Crippen LogP contribution in [0, 0.1) is 0 Å². The highest BCUT2D eigenvalue weighted by molar-refractivity contribution is 7.94. The highest BCUT2D eigenvalue weighted by Gasteiger charge is 2.25. The monoisotopic (exact) mass is 404 g/mol. The van der Waals surface area contributed by atoms with E-state index in [1.54, 1.807) is 6.92 Å². The summed E-state index contributed by atoms with van der Waals surface area (Å²) < 4.78 is 64.9. The van der Waals surface area contributed by atoms with Crippen molar-refractivity contribution in [3.05, 3.63) is 0 Å². The minimum absolute atomic E-state index is 0.186. The van der Waals surface area contributed by atoms with Gasteiger partial charge in [0.25, 0.3) is 0 Å². The fraction of sp³-hybridized carbons (Fsp3) is 1.00. The largest absolute Gasteiger partial charge is 0.418 e. The van der Waals surface area contributed by atoms with Crippen molar-refractivity contribution in [3.63, 3.8) is 0 Å². The second kappa shape index (κ2) is 13.9. The molecule has 0 spiro atoms. The van der Waals surface area contributed by atoms with Gasteiger partial charge in [-0.3, -0.25) is 4.55 Å². The smallest absolute Gasteiger partial charge is 0.351 e. The Balaban J connectivity index is 3.74. The lowest BCUT2D eigenvalue weighted by atomic mass is 10.1. The SMILES string of the molecule is CCCCCCCCCCCCOC(CC)OS(=O)(=O)OS(=O)(=O)O. The number of rotatable bonds is 17. The third-order valence-corrected chi connectivity index (χ3v) is 5.33. The van der Waals surface area contributed by atoms with E-state index in [0.29, 0.717) is 6.61 Å². The van der Waals surface area contributed by atoms with Crippen LogP contribution < -0.4 is 0 Å². The molecule has 0 aliphatic carbocycles. The maximum absolute atomic E-state index is 11.3. The van der Waals surface area contributed by atoms with Crippen LogP contribution in [-0.2, 0) is 33.3 Å². The molecule has 0 fully saturated rings. The van der Waals surface area contributed by atoms with Gasteiger partial charge in [-0.2, -0.15) is 16.8 Å². The highest BCUT2D eigenvalue weighted by Crippen LogP contribution is 2.12. The summed E-state index contributed by atoms with van der Waals surface area (Å²) in [5, 5.41) is 0. The molecule has 25 heavy (non-hydrogen) atoms. The van der Waals surface area contributed by atoms with Crippen molar-refractivity contribution in [1.29, 1.82) is 0 Å². The van der Waals surface area contributed by atoms with E-state index in [-0.39, 0.29) is 6.42 Å². The zero-order valence-electron chi connectivity index (χ0n) is 15.2.